The van der Waals surface area contributed by atoms with Gasteiger partial charge in [-0.25, -0.2) is 4.79 Å². The zero-order valence-corrected chi connectivity index (χ0v) is 13.7. The molecule has 0 saturated heterocycles. The number of rotatable bonds is 6. The molecule has 0 radical (unpaired) electrons. The van der Waals surface area contributed by atoms with E-state index >= 15 is 0 Å². The van der Waals surface area contributed by atoms with Gasteiger partial charge in [0, 0.05) is 37.9 Å². The number of aromatic nitrogens is 2. The Morgan fingerprint density at radius 1 is 1.29 bits per heavy atom. The number of nitrogens with two attached hydrogens (primary N) is 1. The maximum atomic E-state index is 10.7. The molecule has 1 aromatic carbocycles. The third-order valence-corrected chi connectivity index (χ3v) is 4.21. The summed E-state index contributed by atoms with van der Waals surface area (Å²) in [6.07, 6.45) is 7.30. The average Bonchev–Trinajstić information content (AvgIpc) is 3.04. The van der Waals surface area contributed by atoms with Gasteiger partial charge in [0.2, 0.25) is 0 Å². The van der Waals surface area contributed by atoms with E-state index in [1.165, 1.54) is 16.7 Å². The zero-order chi connectivity index (χ0) is 16.8. The van der Waals surface area contributed by atoms with E-state index in [1.54, 1.807) is 0 Å². The third kappa shape index (κ3) is 4.45. The van der Waals surface area contributed by atoms with Crippen LogP contribution in [0.5, 0.6) is 0 Å². The Morgan fingerprint density at radius 2 is 2.12 bits per heavy atom. The molecule has 2 amide bonds. The monoisotopic (exact) mass is 325 g/mol. The highest BCUT2D eigenvalue weighted by Crippen LogP contribution is 2.21. The predicted molar refractivity (Wildman–Crippen MR) is 94.4 cm³/mol. The molecule has 0 saturated carbocycles. The predicted octanol–water partition coefficient (Wildman–Crippen LogP) is 1.69. The molecule has 0 aliphatic carbocycles. The van der Waals surface area contributed by atoms with Gasteiger partial charge in [0.05, 0.1) is 12.7 Å². The first-order valence-corrected chi connectivity index (χ1v) is 8.22. The van der Waals surface area contributed by atoms with Gasteiger partial charge in [-0.15, -0.1) is 0 Å². The maximum Gasteiger partial charge on any atom is 0.312 e. The van der Waals surface area contributed by atoms with E-state index in [-0.39, 0.29) is 0 Å². The van der Waals surface area contributed by atoms with E-state index in [2.05, 4.69) is 39.7 Å². The van der Waals surface area contributed by atoms with Crippen molar-refractivity contribution < 1.29 is 4.79 Å². The van der Waals surface area contributed by atoms with Crippen molar-refractivity contribution in [3.8, 4) is 0 Å². The number of carbonyl (C=O) groups is 1. The lowest BCUT2D eigenvalue weighted by Crippen LogP contribution is -2.38. The van der Waals surface area contributed by atoms with Crippen LogP contribution >= 0.6 is 0 Å². The summed E-state index contributed by atoms with van der Waals surface area (Å²) in [4.78, 5) is 13.0. The number of amides is 2. The number of hydrogen-bond acceptors (Lipinski definition) is 3. The summed E-state index contributed by atoms with van der Waals surface area (Å²) in [7, 11) is 0. The third-order valence-electron chi connectivity index (χ3n) is 4.21. The molecule has 0 spiro atoms. The second-order valence-corrected chi connectivity index (χ2v) is 5.98. The van der Waals surface area contributed by atoms with Gasteiger partial charge in [0.25, 0.3) is 0 Å². The Balaban J connectivity index is 1.54. The topological polar surface area (TPSA) is 76.2 Å². The fourth-order valence-corrected chi connectivity index (χ4v) is 2.90. The highest BCUT2D eigenvalue weighted by molar-refractivity contribution is 5.71. The van der Waals surface area contributed by atoms with E-state index in [4.69, 9.17) is 5.73 Å². The Morgan fingerprint density at radius 3 is 2.83 bits per heavy atom. The molecule has 3 rings (SSSR count). The summed E-state index contributed by atoms with van der Waals surface area (Å²) in [6, 6.07) is 9.87. The molecule has 3 N–H and O–H groups in total. The van der Waals surface area contributed by atoms with Crippen molar-refractivity contribution >= 4 is 11.6 Å². The number of nitrogens with one attached hydrogen (secondary N) is 1. The molecule has 0 bridgehead atoms. The van der Waals surface area contributed by atoms with Gasteiger partial charge in [-0.2, -0.15) is 5.10 Å². The molecule has 6 nitrogen and oxygen atoms in total. The summed E-state index contributed by atoms with van der Waals surface area (Å²) in [6.45, 7) is 4.07. The van der Waals surface area contributed by atoms with Crippen LogP contribution in [0.25, 0.3) is 5.57 Å². The maximum absolute atomic E-state index is 10.7. The largest absolute Gasteiger partial charge is 0.352 e. The highest BCUT2D eigenvalue weighted by atomic mass is 16.2. The fourth-order valence-electron chi connectivity index (χ4n) is 2.90. The van der Waals surface area contributed by atoms with E-state index < -0.39 is 6.03 Å². The molecular formula is C18H23N5O. The zero-order valence-electron chi connectivity index (χ0n) is 13.7. The summed E-state index contributed by atoms with van der Waals surface area (Å²) in [5.74, 6) is 0. The van der Waals surface area contributed by atoms with Crippen molar-refractivity contribution in [2.75, 3.05) is 26.2 Å². The number of hydrogen-bond donors (Lipinski definition) is 2. The second kappa shape index (κ2) is 7.79. The van der Waals surface area contributed by atoms with Crippen molar-refractivity contribution in [2.24, 2.45) is 5.73 Å². The highest BCUT2D eigenvalue weighted by Gasteiger charge is 2.14. The van der Waals surface area contributed by atoms with Crippen molar-refractivity contribution in [1.82, 2.24) is 20.0 Å². The lowest BCUT2D eigenvalue weighted by molar-refractivity contribution is 0.244. The van der Waals surface area contributed by atoms with Gasteiger partial charge in [-0.3, -0.25) is 9.58 Å². The Kier molecular flexibility index (Phi) is 5.28. The Bertz CT molecular complexity index is 707. The minimum Gasteiger partial charge on any atom is -0.352 e. The van der Waals surface area contributed by atoms with E-state index in [0.29, 0.717) is 6.54 Å². The SMILES string of the molecule is NC(=O)NCCN1CC=C(c2cnn(Cc3ccccc3)c2)CC1. The molecule has 2 heterocycles. The van der Waals surface area contributed by atoms with Crippen molar-refractivity contribution in [3.63, 3.8) is 0 Å². The Labute approximate surface area is 141 Å². The molecular weight excluding hydrogens is 302 g/mol. The minimum absolute atomic E-state index is 0.464. The minimum atomic E-state index is -0.464. The van der Waals surface area contributed by atoms with Gasteiger partial charge >= 0.3 is 6.03 Å². The van der Waals surface area contributed by atoms with Gasteiger partial charge in [0.1, 0.15) is 0 Å². The molecule has 1 aliphatic rings. The van der Waals surface area contributed by atoms with E-state index in [0.717, 1.165) is 32.6 Å². The van der Waals surface area contributed by atoms with Crippen LogP contribution in [-0.4, -0.2) is 46.9 Å². The molecule has 126 valence electrons. The van der Waals surface area contributed by atoms with Crippen molar-refractivity contribution in [2.45, 2.75) is 13.0 Å². The van der Waals surface area contributed by atoms with Crippen LogP contribution in [0.1, 0.15) is 17.5 Å². The summed E-state index contributed by atoms with van der Waals surface area (Å²) >= 11 is 0. The molecule has 0 fully saturated rings. The first-order valence-electron chi connectivity index (χ1n) is 8.22. The van der Waals surface area contributed by atoms with Crippen LogP contribution < -0.4 is 11.1 Å². The second-order valence-electron chi connectivity index (χ2n) is 5.98. The van der Waals surface area contributed by atoms with Crippen molar-refractivity contribution in [3.05, 3.63) is 59.9 Å². The molecule has 2 aromatic rings. The fraction of sp³-hybridized carbons (Fsp3) is 0.333. The standard InChI is InChI=1S/C18H23N5O/c19-18(24)20-8-11-22-9-6-16(7-10-22)17-12-21-23(14-17)13-15-4-2-1-3-5-15/h1-6,12,14H,7-11,13H2,(H3,19,20,24). The van der Waals surface area contributed by atoms with E-state index in [1.807, 2.05) is 29.1 Å². The first-order chi connectivity index (χ1) is 11.7. The first kappa shape index (κ1) is 16.3. The average molecular weight is 325 g/mol. The van der Waals surface area contributed by atoms with Crippen LogP contribution in [0.15, 0.2) is 48.8 Å². The summed E-state index contributed by atoms with van der Waals surface area (Å²) in [5.41, 5.74) is 8.86. The van der Waals surface area contributed by atoms with Crippen LogP contribution in [0.4, 0.5) is 4.79 Å². The molecule has 1 aliphatic heterocycles. The van der Waals surface area contributed by atoms with Gasteiger partial charge in [0.15, 0.2) is 0 Å². The summed E-state index contributed by atoms with van der Waals surface area (Å²) in [5, 5.41) is 7.10. The van der Waals surface area contributed by atoms with Crippen molar-refractivity contribution in [1.29, 1.82) is 0 Å². The van der Waals surface area contributed by atoms with Gasteiger partial charge in [-0.1, -0.05) is 36.4 Å². The quantitative estimate of drug-likeness (QED) is 0.848. The van der Waals surface area contributed by atoms with Crippen LogP contribution in [0, 0.1) is 0 Å². The summed E-state index contributed by atoms with van der Waals surface area (Å²) < 4.78 is 1.98. The lowest BCUT2D eigenvalue weighted by atomic mass is 10.0. The number of urea groups is 1. The molecule has 1 aromatic heterocycles. The van der Waals surface area contributed by atoms with E-state index in [9.17, 15) is 4.79 Å². The van der Waals surface area contributed by atoms with Gasteiger partial charge in [-0.05, 0) is 17.6 Å². The van der Waals surface area contributed by atoms with Crippen LogP contribution in [0.3, 0.4) is 0 Å². The molecule has 24 heavy (non-hydrogen) atoms. The van der Waals surface area contributed by atoms with Crippen LogP contribution in [0.2, 0.25) is 0 Å². The lowest BCUT2D eigenvalue weighted by Gasteiger charge is -2.25. The molecule has 0 unspecified atom stereocenters. The van der Waals surface area contributed by atoms with Gasteiger partial charge < -0.3 is 11.1 Å². The molecule has 0 atom stereocenters. The number of primary amides is 1. The number of carbonyl (C=O) groups excluding carboxylic acids is 1. The number of benzene rings is 1. The van der Waals surface area contributed by atoms with Crippen LogP contribution in [-0.2, 0) is 6.54 Å². The normalized spacial score (nSPS) is 15.1. The number of nitrogens with zero attached hydrogens (tertiary/aromatic N) is 3. The molecule has 6 heteroatoms. The Hall–Kier alpha value is -2.60. The smallest absolute Gasteiger partial charge is 0.312 e.